The Balaban J connectivity index is 1.97. The van der Waals surface area contributed by atoms with E-state index < -0.39 is 0 Å². The lowest BCUT2D eigenvalue weighted by molar-refractivity contribution is 0.0781. The van der Waals surface area contributed by atoms with Crippen LogP contribution in [-0.2, 0) is 4.74 Å². The number of rotatable bonds is 1. The Hall–Kier alpha value is -1.42. The molecular weight excluding hydrogens is 202 g/mol. The number of hydrogen-bond acceptors (Lipinski definition) is 3. The first-order valence-corrected chi connectivity index (χ1v) is 5.73. The highest BCUT2D eigenvalue weighted by Gasteiger charge is 2.20. The third kappa shape index (κ3) is 1.69. The van der Waals surface area contributed by atoms with Gasteiger partial charge in [0.05, 0.1) is 6.61 Å². The van der Waals surface area contributed by atoms with E-state index in [9.17, 15) is 0 Å². The molecule has 0 aliphatic carbocycles. The van der Waals surface area contributed by atoms with Gasteiger partial charge in [0.1, 0.15) is 0 Å². The fourth-order valence-electron chi connectivity index (χ4n) is 2.12. The van der Waals surface area contributed by atoms with Gasteiger partial charge in [-0.3, -0.25) is 0 Å². The van der Waals surface area contributed by atoms with E-state index in [0.717, 1.165) is 37.5 Å². The molecule has 3 rings (SSSR count). The van der Waals surface area contributed by atoms with E-state index in [-0.39, 0.29) is 0 Å². The molecule has 84 valence electrons. The van der Waals surface area contributed by atoms with Crippen molar-refractivity contribution in [2.75, 3.05) is 13.2 Å². The van der Waals surface area contributed by atoms with Crippen molar-refractivity contribution in [3.05, 3.63) is 29.7 Å². The standard InChI is InChI=1S/C12H15N3O/c1-9-4-5-15-11(7-9)13-12(14-15)10-3-2-6-16-8-10/h4-5,7,10H,2-3,6,8H2,1H3. The Bertz CT molecular complexity index is 500. The summed E-state index contributed by atoms with van der Waals surface area (Å²) in [5.41, 5.74) is 2.15. The molecule has 0 radical (unpaired) electrons. The van der Waals surface area contributed by atoms with Crippen LogP contribution >= 0.6 is 0 Å². The van der Waals surface area contributed by atoms with Crippen molar-refractivity contribution < 1.29 is 4.74 Å². The molecule has 0 saturated carbocycles. The van der Waals surface area contributed by atoms with Gasteiger partial charge in [-0.1, -0.05) is 0 Å². The molecule has 1 aliphatic heterocycles. The van der Waals surface area contributed by atoms with Crippen molar-refractivity contribution >= 4 is 5.65 Å². The average molecular weight is 217 g/mol. The Morgan fingerprint density at radius 2 is 2.44 bits per heavy atom. The molecule has 1 saturated heterocycles. The lowest BCUT2D eigenvalue weighted by Gasteiger charge is -2.18. The van der Waals surface area contributed by atoms with Gasteiger partial charge in [-0.05, 0) is 37.5 Å². The first-order chi connectivity index (χ1) is 7.83. The number of ether oxygens (including phenoxy) is 1. The van der Waals surface area contributed by atoms with Crippen LogP contribution < -0.4 is 0 Å². The fourth-order valence-corrected chi connectivity index (χ4v) is 2.12. The monoisotopic (exact) mass is 217 g/mol. The number of aromatic nitrogens is 3. The van der Waals surface area contributed by atoms with Gasteiger partial charge in [-0.2, -0.15) is 5.10 Å². The maximum Gasteiger partial charge on any atom is 0.157 e. The van der Waals surface area contributed by atoms with Crippen molar-refractivity contribution in [3.8, 4) is 0 Å². The van der Waals surface area contributed by atoms with Crippen LogP contribution in [0.4, 0.5) is 0 Å². The van der Waals surface area contributed by atoms with E-state index >= 15 is 0 Å². The third-order valence-electron chi connectivity index (χ3n) is 3.03. The van der Waals surface area contributed by atoms with E-state index in [1.54, 1.807) is 0 Å². The van der Waals surface area contributed by atoms with Crippen molar-refractivity contribution in [2.45, 2.75) is 25.7 Å². The summed E-state index contributed by atoms with van der Waals surface area (Å²) in [6.45, 7) is 3.71. The van der Waals surface area contributed by atoms with Crippen molar-refractivity contribution in [1.82, 2.24) is 14.6 Å². The molecule has 2 aromatic heterocycles. The topological polar surface area (TPSA) is 39.4 Å². The zero-order valence-corrected chi connectivity index (χ0v) is 9.39. The minimum absolute atomic E-state index is 0.369. The Morgan fingerprint density at radius 1 is 1.50 bits per heavy atom. The van der Waals surface area contributed by atoms with Crippen molar-refractivity contribution in [3.63, 3.8) is 0 Å². The van der Waals surface area contributed by atoms with Crippen LogP contribution in [0.1, 0.15) is 30.1 Å². The van der Waals surface area contributed by atoms with Crippen LogP contribution in [0.5, 0.6) is 0 Å². The second kappa shape index (κ2) is 3.87. The lowest BCUT2D eigenvalue weighted by Crippen LogP contribution is -2.16. The molecule has 0 bridgehead atoms. The van der Waals surface area contributed by atoms with Gasteiger partial charge in [-0.15, -0.1) is 0 Å². The van der Waals surface area contributed by atoms with Crippen LogP contribution in [0.25, 0.3) is 5.65 Å². The summed E-state index contributed by atoms with van der Waals surface area (Å²) < 4.78 is 7.31. The summed E-state index contributed by atoms with van der Waals surface area (Å²) in [6.07, 6.45) is 4.21. The normalized spacial score (nSPS) is 21.4. The van der Waals surface area contributed by atoms with Gasteiger partial charge >= 0.3 is 0 Å². The second-order valence-electron chi connectivity index (χ2n) is 4.39. The molecule has 1 aliphatic rings. The third-order valence-corrected chi connectivity index (χ3v) is 3.03. The summed E-state index contributed by atoms with van der Waals surface area (Å²) in [5.74, 6) is 1.29. The van der Waals surface area contributed by atoms with E-state index in [1.807, 2.05) is 16.8 Å². The van der Waals surface area contributed by atoms with Gasteiger partial charge in [0.15, 0.2) is 11.5 Å². The highest BCUT2D eigenvalue weighted by atomic mass is 16.5. The van der Waals surface area contributed by atoms with Crippen LogP contribution in [0.15, 0.2) is 18.3 Å². The zero-order valence-electron chi connectivity index (χ0n) is 9.39. The molecule has 16 heavy (non-hydrogen) atoms. The largest absolute Gasteiger partial charge is 0.381 e. The highest BCUT2D eigenvalue weighted by molar-refractivity contribution is 5.40. The first kappa shape index (κ1) is 9.78. The Morgan fingerprint density at radius 3 is 3.25 bits per heavy atom. The molecule has 4 nitrogen and oxygen atoms in total. The molecule has 4 heteroatoms. The van der Waals surface area contributed by atoms with Crippen molar-refractivity contribution in [2.24, 2.45) is 0 Å². The number of nitrogens with zero attached hydrogens (tertiary/aromatic N) is 3. The summed E-state index contributed by atoms with van der Waals surface area (Å²) in [7, 11) is 0. The highest BCUT2D eigenvalue weighted by Crippen LogP contribution is 2.23. The molecule has 1 fully saturated rings. The van der Waals surface area contributed by atoms with E-state index in [0.29, 0.717) is 5.92 Å². The molecule has 2 aromatic rings. The molecule has 0 N–H and O–H groups in total. The Kier molecular flexibility index (Phi) is 2.36. The molecule has 0 aromatic carbocycles. The quantitative estimate of drug-likeness (QED) is 0.732. The van der Waals surface area contributed by atoms with Gasteiger partial charge in [0, 0.05) is 18.7 Å². The van der Waals surface area contributed by atoms with Crippen LogP contribution in [-0.4, -0.2) is 27.8 Å². The predicted molar refractivity (Wildman–Crippen MR) is 60.5 cm³/mol. The van der Waals surface area contributed by atoms with Crippen LogP contribution in [0.3, 0.4) is 0 Å². The summed E-state index contributed by atoms with van der Waals surface area (Å²) in [6, 6.07) is 4.10. The van der Waals surface area contributed by atoms with E-state index in [1.165, 1.54) is 5.56 Å². The summed E-state index contributed by atoms with van der Waals surface area (Å²) in [4.78, 5) is 4.57. The smallest absolute Gasteiger partial charge is 0.157 e. The van der Waals surface area contributed by atoms with Gasteiger partial charge in [-0.25, -0.2) is 9.50 Å². The molecule has 3 heterocycles. The SMILES string of the molecule is Cc1ccn2nc(C3CCCOC3)nc2c1. The average Bonchev–Trinajstić information content (AvgIpc) is 2.73. The number of pyridine rings is 1. The maximum atomic E-state index is 5.47. The molecule has 1 unspecified atom stereocenters. The van der Waals surface area contributed by atoms with Gasteiger partial charge in [0.25, 0.3) is 0 Å². The van der Waals surface area contributed by atoms with Gasteiger partial charge in [0.2, 0.25) is 0 Å². The Labute approximate surface area is 94.3 Å². The van der Waals surface area contributed by atoms with Gasteiger partial charge < -0.3 is 4.74 Å². The number of fused-ring (bicyclic) bond motifs is 1. The fraction of sp³-hybridized carbons (Fsp3) is 0.500. The first-order valence-electron chi connectivity index (χ1n) is 5.73. The van der Waals surface area contributed by atoms with E-state index in [2.05, 4.69) is 23.1 Å². The number of hydrogen-bond donors (Lipinski definition) is 0. The maximum absolute atomic E-state index is 5.47. The molecule has 0 amide bonds. The summed E-state index contributed by atoms with van der Waals surface area (Å²) in [5, 5.41) is 4.50. The molecule has 1 atom stereocenters. The van der Waals surface area contributed by atoms with Crippen LogP contribution in [0.2, 0.25) is 0 Å². The predicted octanol–water partition coefficient (Wildman–Crippen LogP) is 1.93. The number of aryl methyl sites for hydroxylation is 1. The minimum atomic E-state index is 0.369. The molecule has 0 spiro atoms. The minimum Gasteiger partial charge on any atom is -0.381 e. The zero-order chi connectivity index (χ0) is 11.0. The van der Waals surface area contributed by atoms with Crippen LogP contribution in [0, 0.1) is 6.92 Å². The summed E-state index contributed by atoms with van der Waals surface area (Å²) >= 11 is 0. The molecular formula is C12H15N3O. The van der Waals surface area contributed by atoms with E-state index in [4.69, 9.17) is 4.74 Å². The second-order valence-corrected chi connectivity index (χ2v) is 4.39. The lowest BCUT2D eigenvalue weighted by atomic mass is 10.0. The van der Waals surface area contributed by atoms with Crippen molar-refractivity contribution in [1.29, 1.82) is 0 Å².